The Morgan fingerprint density at radius 3 is 2.84 bits per heavy atom. The van der Waals surface area contributed by atoms with Crippen LogP contribution in [0.15, 0.2) is 28.7 Å². The maximum absolute atomic E-state index is 12.3. The van der Waals surface area contributed by atoms with E-state index in [0.717, 1.165) is 27.5 Å². The summed E-state index contributed by atoms with van der Waals surface area (Å²) >= 11 is 3.44. The third-order valence-electron chi connectivity index (χ3n) is 3.13. The zero-order valence-corrected chi connectivity index (χ0v) is 12.9. The van der Waals surface area contributed by atoms with Crippen LogP contribution in [0.1, 0.15) is 36.3 Å². The van der Waals surface area contributed by atoms with Crippen LogP contribution >= 0.6 is 15.9 Å². The van der Waals surface area contributed by atoms with Crippen LogP contribution in [0.4, 0.5) is 0 Å². The van der Waals surface area contributed by atoms with E-state index in [1.165, 1.54) is 0 Å². The van der Waals surface area contributed by atoms with E-state index < -0.39 is 0 Å². The number of carbonyl (C=O) groups is 1. The largest absolute Gasteiger partial charge is 0.350 e. The van der Waals surface area contributed by atoms with Crippen LogP contribution in [-0.4, -0.2) is 16.9 Å². The van der Waals surface area contributed by atoms with Crippen LogP contribution in [-0.2, 0) is 0 Å². The molecular formula is C15H17BrN2O. The van der Waals surface area contributed by atoms with Gasteiger partial charge >= 0.3 is 0 Å². The average molecular weight is 321 g/mol. The molecular weight excluding hydrogens is 304 g/mol. The molecule has 0 aliphatic carbocycles. The van der Waals surface area contributed by atoms with Crippen molar-refractivity contribution in [2.45, 2.75) is 33.2 Å². The van der Waals surface area contributed by atoms with Gasteiger partial charge in [-0.15, -0.1) is 0 Å². The van der Waals surface area contributed by atoms with Crippen molar-refractivity contribution in [1.82, 2.24) is 10.3 Å². The molecule has 1 heterocycles. The van der Waals surface area contributed by atoms with E-state index in [1.807, 2.05) is 38.1 Å². The smallest absolute Gasteiger partial charge is 0.252 e. The molecule has 0 aliphatic heterocycles. The van der Waals surface area contributed by atoms with Crippen LogP contribution in [0.3, 0.4) is 0 Å². The highest BCUT2D eigenvalue weighted by Crippen LogP contribution is 2.23. The number of fused-ring (bicyclic) bond motifs is 1. The molecule has 1 aromatic heterocycles. The Morgan fingerprint density at radius 2 is 2.16 bits per heavy atom. The Labute approximate surface area is 121 Å². The van der Waals surface area contributed by atoms with Crippen molar-refractivity contribution in [3.63, 3.8) is 0 Å². The summed E-state index contributed by atoms with van der Waals surface area (Å²) < 4.78 is 0.947. The second kappa shape index (κ2) is 5.70. The van der Waals surface area contributed by atoms with Crippen LogP contribution in [0, 0.1) is 6.92 Å². The molecule has 2 rings (SSSR count). The summed E-state index contributed by atoms with van der Waals surface area (Å²) in [6, 6.07) is 7.81. The monoisotopic (exact) mass is 320 g/mol. The van der Waals surface area contributed by atoms with E-state index in [1.54, 1.807) is 0 Å². The summed E-state index contributed by atoms with van der Waals surface area (Å²) in [5.41, 5.74) is 2.38. The lowest BCUT2D eigenvalue weighted by atomic mass is 10.1. The molecule has 0 saturated heterocycles. The molecule has 4 heteroatoms. The van der Waals surface area contributed by atoms with E-state index >= 15 is 0 Å². The molecule has 0 bridgehead atoms. The second-order valence-electron chi connectivity index (χ2n) is 4.76. The first-order valence-corrected chi connectivity index (χ1v) is 7.18. The molecule has 1 N–H and O–H groups in total. The molecule has 2 aromatic rings. The van der Waals surface area contributed by atoms with Crippen molar-refractivity contribution in [2.75, 3.05) is 0 Å². The third-order valence-corrected chi connectivity index (χ3v) is 3.63. The van der Waals surface area contributed by atoms with Crippen molar-refractivity contribution in [3.05, 3.63) is 40.0 Å². The number of nitrogens with zero attached hydrogens (tertiary/aromatic N) is 1. The molecule has 0 saturated carbocycles. The van der Waals surface area contributed by atoms with Gasteiger partial charge in [0.25, 0.3) is 5.91 Å². The fraction of sp³-hybridized carbons (Fsp3) is 0.333. The highest BCUT2D eigenvalue weighted by molar-refractivity contribution is 9.10. The number of carbonyl (C=O) groups excluding carboxylic acids is 1. The van der Waals surface area contributed by atoms with Gasteiger partial charge in [0.15, 0.2) is 0 Å². The Hall–Kier alpha value is -1.42. The van der Waals surface area contributed by atoms with Gasteiger partial charge < -0.3 is 5.32 Å². The molecule has 1 amide bonds. The number of hydrogen-bond donors (Lipinski definition) is 1. The normalized spacial score (nSPS) is 12.4. The van der Waals surface area contributed by atoms with Crippen LogP contribution in [0.2, 0.25) is 0 Å². The standard InChI is InChI=1S/C15H17BrN2O/c1-4-9(2)18-15(19)13-7-10(3)17-14-6-5-11(16)8-12(13)14/h5-9H,4H2,1-3H3,(H,18,19)/t9-/m1/s1. The van der Waals surface area contributed by atoms with Gasteiger partial charge in [0.1, 0.15) is 0 Å². The van der Waals surface area contributed by atoms with Crippen LogP contribution in [0.25, 0.3) is 10.9 Å². The average Bonchev–Trinajstić information content (AvgIpc) is 2.38. The summed E-state index contributed by atoms with van der Waals surface area (Å²) in [6.45, 7) is 5.96. The van der Waals surface area contributed by atoms with Crippen molar-refractivity contribution >= 4 is 32.7 Å². The first-order chi connectivity index (χ1) is 9.01. The van der Waals surface area contributed by atoms with Gasteiger partial charge in [-0.25, -0.2) is 0 Å². The minimum absolute atomic E-state index is 0.0389. The molecule has 3 nitrogen and oxygen atoms in total. The molecule has 100 valence electrons. The molecule has 19 heavy (non-hydrogen) atoms. The molecule has 0 unspecified atom stereocenters. The van der Waals surface area contributed by atoms with Gasteiger partial charge in [0, 0.05) is 21.6 Å². The Morgan fingerprint density at radius 1 is 1.42 bits per heavy atom. The number of pyridine rings is 1. The minimum atomic E-state index is -0.0389. The summed E-state index contributed by atoms with van der Waals surface area (Å²) in [7, 11) is 0. The molecule has 0 spiro atoms. The number of halogens is 1. The van der Waals surface area contributed by atoms with Gasteiger partial charge in [0.2, 0.25) is 0 Å². The first kappa shape index (κ1) is 14.0. The van der Waals surface area contributed by atoms with Crippen LogP contribution < -0.4 is 5.32 Å². The highest BCUT2D eigenvalue weighted by Gasteiger charge is 2.13. The third kappa shape index (κ3) is 3.13. The van der Waals surface area contributed by atoms with Gasteiger partial charge in [-0.3, -0.25) is 9.78 Å². The minimum Gasteiger partial charge on any atom is -0.350 e. The van der Waals surface area contributed by atoms with E-state index in [0.29, 0.717) is 5.56 Å². The zero-order valence-electron chi connectivity index (χ0n) is 11.3. The molecule has 1 aromatic carbocycles. The van der Waals surface area contributed by atoms with E-state index in [2.05, 4.69) is 33.2 Å². The topological polar surface area (TPSA) is 42.0 Å². The lowest BCUT2D eigenvalue weighted by Gasteiger charge is -2.13. The second-order valence-corrected chi connectivity index (χ2v) is 5.67. The first-order valence-electron chi connectivity index (χ1n) is 6.39. The number of amides is 1. The van der Waals surface area contributed by atoms with Crippen molar-refractivity contribution in [2.24, 2.45) is 0 Å². The fourth-order valence-corrected chi connectivity index (χ4v) is 2.28. The highest BCUT2D eigenvalue weighted by atomic mass is 79.9. The number of hydrogen-bond acceptors (Lipinski definition) is 2. The summed E-state index contributed by atoms with van der Waals surface area (Å²) in [5.74, 6) is -0.0389. The van der Waals surface area contributed by atoms with E-state index in [9.17, 15) is 4.79 Å². The molecule has 1 atom stereocenters. The van der Waals surface area contributed by atoms with Crippen molar-refractivity contribution in [3.8, 4) is 0 Å². The SMILES string of the molecule is CC[C@@H](C)NC(=O)c1cc(C)nc2ccc(Br)cc12. The van der Waals surface area contributed by atoms with Gasteiger partial charge in [-0.05, 0) is 44.5 Å². The van der Waals surface area contributed by atoms with E-state index in [-0.39, 0.29) is 11.9 Å². The van der Waals surface area contributed by atoms with Crippen molar-refractivity contribution in [1.29, 1.82) is 0 Å². The molecule has 0 radical (unpaired) electrons. The predicted molar refractivity (Wildman–Crippen MR) is 81.4 cm³/mol. The number of benzene rings is 1. The van der Waals surface area contributed by atoms with Crippen LogP contribution in [0.5, 0.6) is 0 Å². The number of aromatic nitrogens is 1. The Kier molecular flexibility index (Phi) is 4.20. The molecule has 0 fully saturated rings. The maximum Gasteiger partial charge on any atom is 0.252 e. The predicted octanol–water partition coefficient (Wildman–Crippen LogP) is 3.83. The van der Waals surface area contributed by atoms with Gasteiger partial charge in [-0.1, -0.05) is 22.9 Å². The molecule has 0 aliphatic rings. The van der Waals surface area contributed by atoms with Gasteiger partial charge in [0.05, 0.1) is 11.1 Å². The lowest BCUT2D eigenvalue weighted by Crippen LogP contribution is -2.32. The Balaban J connectivity index is 2.52. The fourth-order valence-electron chi connectivity index (χ4n) is 1.92. The summed E-state index contributed by atoms with van der Waals surface area (Å²) in [5, 5.41) is 3.88. The maximum atomic E-state index is 12.3. The Bertz CT molecular complexity index is 625. The van der Waals surface area contributed by atoms with E-state index in [4.69, 9.17) is 0 Å². The summed E-state index contributed by atoms with van der Waals surface area (Å²) in [6.07, 6.45) is 0.914. The number of nitrogens with one attached hydrogen (secondary N) is 1. The lowest BCUT2D eigenvalue weighted by molar-refractivity contribution is 0.0941. The summed E-state index contributed by atoms with van der Waals surface area (Å²) in [4.78, 5) is 16.8. The quantitative estimate of drug-likeness (QED) is 0.933. The van der Waals surface area contributed by atoms with Gasteiger partial charge in [-0.2, -0.15) is 0 Å². The number of aryl methyl sites for hydroxylation is 1. The number of rotatable bonds is 3. The van der Waals surface area contributed by atoms with Crippen molar-refractivity contribution < 1.29 is 4.79 Å². The zero-order chi connectivity index (χ0) is 14.0.